The Morgan fingerprint density at radius 3 is 1.84 bits per heavy atom. The summed E-state index contributed by atoms with van der Waals surface area (Å²) < 4.78 is 44.7. The summed E-state index contributed by atoms with van der Waals surface area (Å²) in [6.45, 7) is 2.89. The molecule has 1 unspecified atom stereocenters. The second-order valence-electron chi connectivity index (χ2n) is 6.97. The van der Waals surface area contributed by atoms with Crippen molar-refractivity contribution in [3.8, 4) is 0 Å². The fourth-order valence-electron chi connectivity index (χ4n) is 3.28. The van der Waals surface area contributed by atoms with E-state index in [1.807, 2.05) is 5.32 Å². The summed E-state index contributed by atoms with van der Waals surface area (Å²) in [5, 5.41) is -1.17. The lowest BCUT2D eigenvalue weighted by Gasteiger charge is -2.52. The van der Waals surface area contributed by atoms with Crippen LogP contribution in [0.1, 0.15) is 27.7 Å². The minimum atomic E-state index is -5.70. The standard InChI is InChI=1S/C15H25NO14P2/c1-7(17)16-15(32(24,25)26)12(6-31(21,22)23)30-11(5-27-8(2)18)13(28-9(3)19)14(15)29-10(4)20/h11-14H,5-6H2,1-4H3,(H,16,17)(H2,21,22,23)(H2,24,25,26)/t11-,12-,13+,14+,15?/m1/s1. The average Bonchev–Trinajstić information content (AvgIpc) is 2.54. The number of esters is 3. The van der Waals surface area contributed by atoms with Gasteiger partial charge in [0.05, 0.1) is 6.16 Å². The first-order chi connectivity index (χ1) is 14.4. The molecule has 5 atom stereocenters. The third-order valence-electron chi connectivity index (χ3n) is 4.24. The predicted octanol–water partition coefficient (Wildman–Crippen LogP) is -1.63. The van der Waals surface area contributed by atoms with Crippen molar-refractivity contribution < 1.29 is 66.8 Å². The van der Waals surface area contributed by atoms with Gasteiger partial charge in [0.15, 0.2) is 12.2 Å². The van der Waals surface area contributed by atoms with E-state index in [0.717, 1.165) is 27.7 Å². The van der Waals surface area contributed by atoms with E-state index in [0.29, 0.717) is 0 Å². The molecule has 1 amide bonds. The second kappa shape index (κ2) is 10.4. The highest BCUT2D eigenvalue weighted by atomic mass is 31.2. The van der Waals surface area contributed by atoms with Gasteiger partial charge in [0, 0.05) is 27.7 Å². The maximum atomic E-state index is 12.7. The molecule has 0 aromatic carbocycles. The number of nitrogens with one attached hydrogen (secondary N) is 1. The van der Waals surface area contributed by atoms with Gasteiger partial charge in [0.1, 0.15) is 18.8 Å². The van der Waals surface area contributed by atoms with E-state index in [1.165, 1.54) is 0 Å². The highest BCUT2D eigenvalue weighted by Crippen LogP contribution is 2.59. The lowest BCUT2D eigenvalue weighted by Crippen LogP contribution is -2.74. The van der Waals surface area contributed by atoms with Crippen molar-refractivity contribution in [3.05, 3.63) is 0 Å². The van der Waals surface area contributed by atoms with Crippen LogP contribution >= 0.6 is 15.2 Å². The molecule has 0 aliphatic carbocycles. The van der Waals surface area contributed by atoms with Crippen LogP contribution in [0.2, 0.25) is 0 Å². The van der Waals surface area contributed by atoms with Gasteiger partial charge in [-0.2, -0.15) is 0 Å². The lowest BCUT2D eigenvalue weighted by atomic mass is 9.91. The molecular formula is C15H25NO14P2. The predicted molar refractivity (Wildman–Crippen MR) is 102 cm³/mol. The molecule has 17 heteroatoms. The molecule has 0 aromatic heterocycles. The van der Waals surface area contributed by atoms with Crippen LogP contribution in [0.25, 0.3) is 0 Å². The molecule has 184 valence electrons. The first-order valence-electron chi connectivity index (χ1n) is 8.93. The van der Waals surface area contributed by atoms with Crippen LogP contribution in [0, 0.1) is 0 Å². The first kappa shape index (κ1) is 28.2. The largest absolute Gasteiger partial charge is 0.463 e. The molecule has 0 spiro atoms. The Kier molecular flexibility index (Phi) is 9.14. The molecule has 1 rings (SSSR count). The zero-order valence-corrected chi connectivity index (χ0v) is 19.3. The Hall–Kier alpha value is -1.86. The number of carbonyl (C=O) groups excluding carboxylic acids is 4. The summed E-state index contributed by atoms with van der Waals surface area (Å²) in [5.41, 5.74) is 0. The van der Waals surface area contributed by atoms with E-state index >= 15 is 0 Å². The van der Waals surface area contributed by atoms with Crippen molar-refractivity contribution in [3.63, 3.8) is 0 Å². The Morgan fingerprint density at radius 2 is 1.47 bits per heavy atom. The quantitative estimate of drug-likeness (QED) is 0.142. The number of hydrogen-bond donors (Lipinski definition) is 5. The van der Waals surface area contributed by atoms with E-state index in [4.69, 9.17) is 18.9 Å². The monoisotopic (exact) mass is 505 g/mol. The average molecular weight is 505 g/mol. The highest BCUT2D eigenvalue weighted by molar-refractivity contribution is 7.54. The number of amides is 1. The molecular weight excluding hydrogens is 480 g/mol. The summed E-state index contributed by atoms with van der Waals surface area (Å²) in [7, 11) is -10.8. The normalized spacial score (nSPS) is 28.4. The van der Waals surface area contributed by atoms with Crippen LogP contribution in [0.5, 0.6) is 0 Å². The third-order valence-corrected chi connectivity index (χ3v) is 6.66. The molecule has 0 saturated carbocycles. The summed E-state index contributed by atoms with van der Waals surface area (Å²) >= 11 is 0. The first-order valence-corrected chi connectivity index (χ1v) is 12.3. The summed E-state index contributed by atoms with van der Waals surface area (Å²) in [4.78, 5) is 86.0. The van der Waals surface area contributed by atoms with E-state index in [9.17, 15) is 47.9 Å². The number of ether oxygens (including phenoxy) is 4. The molecule has 15 nitrogen and oxygen atoms in total. The van der Waals surface area contributed by atoms with Crippen molar-refractivity contribution in [2.24, 2.45) is 0 Å². The molecule has 5 N–H and O–H groups in total. The van der Waals surface area contributed by atoms with Gasteiger partial charge in [0.25, 0.3) is 0 Å². The fourth-order valence-corrected chi connectivity index (χ4v) is 5.59. The van der Waals surface area contributed by atoms with Crippen LogP contribution in [-0.4, -0.2) is 85.9 Å². The molecule has 1 saturated heterocycles. The van der Waals surface area contributed by atoms with Crippen LogP contribution in [0.3, 0.4) is 0 Å². The molecule has 1 heterocycles. The van der Waals surface area contributed by atoms with Crippen LogP contribution in [0.15, 0.2) is 0 Å². The molecule has 1 aliphatic rings. The van der Waals surface area contributed by atoms with Gasteiger partial charge in [-0.3, -0.25) is 28.3 Å². The fraction of sp³-hybridized carbons (Fsp3) is 0.733. The van der Waals surface area contributed by atoms with Gasteiger partial charge in [0.2, 0.25) is 11.2 Å². The van der Waals surface area contributed by atoms with Gasteiger partial charge in [-0.25, -0.2) is 0 Å². The highest BCUT2D eigenvalue weighted by Gasteiger charge is 2.69. The molecule has 32 heavy (non-hydrogen) atoms. The van der Waals surface area contributed by atoms with Gasteiger partial charge < -0.3 is 43.8 Å². The molecule has 1 fully saturated rings. The molecule has 0 bridgehead atoms. The van der Waals surface area contributed by atoms with Crippen LogP contribution < -0.4 is 5.32 Å². The van der Waals surface area contributed by atoms with Gasteiger partial charge in [-0.15, -0.1) is 0 Å². The summed E-state index contributed by atoms with van der Waals surface area (Å²) in [6.07, 6.45) is -9.16. The number of hydrogen-bond acceptors (Lipinski definition) is 10. The summed E-state index contributed by atoms with van der Waals surface area (Å²) in [5.74, 6) is -4.10. The zero-order valence-electron chi connectivity index (χ0n) is 17.5. The Balaban J connectivity index is 3.85. The van der Waals surface area contributed by atoms with Crippen LogP contribution in [-0.2, 0) is 47.3 Å². The van der Waals surface area contributed by atoms with Gasteiger partial charge >= 0.3 is 33.1 Å². The Morgan fingerprint density at radius 1 is 0.938 bits per heavy atom. The topological polar surface area (TPSA) is 232 Å². The maximum Gasteiger partial charge on any atom is 0.357 e. The van der Waals surface area contributed by atoms with Crippen molar-refractivity contribution in [2.45, 2.75) is 57.4 Å². The van der Waals surface area contributed by atoms with Gasteiger partial charge in [-0.1, -0.05) is 0 Å². The van der Waals surface area contributed by atoms with E-state index < -0.39 is 81.5 Å². The van der Waals surface area contributed by atoms with Crippen molar-refractivity contribution in [1.82, 2.24) is 5.32 Å². The SMILES string of the molecule is CC(=O)NC1(P(=O)(O)O)[C@@H](CP(=O)(O)O)O[C@H](COC(C)=O)[C@H](OC(C)=O)[C@@H]1OC(C)=O. The minimum Gasteiger partial charge on any atom is -0.463 e. The van der Waals surface area contributed by atoms with Crippen molar-refractivity contribution >= 4 is 39.0 Å². The molecule has 1 aliphatic heterocycles. The smallest absolute Gasteiger partial charge is 0.357 e. The third kappa shape index (κ3) is 7.07. The molecule has 0 radical (unpaired) electrons. The maximum absolute atomic E-state index is 12.7. The van der Waals surface area contributed by atoms with Crippen LogP contribution in [0.4, 0.5) is 0 Å². The Labute approximate surface area is 182 Å². The zero-order chi connectivity index (χ0) is 25.1. The second-order valence-corrected chi connectivity index (χ2v) is 10.5. The van der Waals surface area contributed by atoms with Crippen molar-refractivity contribution in [1.29, 1.82) is 0 Å². The lowest BCUT2D eigenvalue weighted by molar-refractivity contribution is -0.229. The number of carbonyl (C=O) groups is 4. The van der Waals surface area contributed by atoms with E-state index in [-0.39, 0.29) is 0 Å². The van der Waals surface area contributed by atoms with E-state index in [2.05, 4.69) is 0 Å². The summed E-state index contributed by atoms with van der Waals surface area (Å²) in [6, 6.07) is 0. The van der Waals surface area contributed by atoms with E-state index in [1.54, 1.807) is 0 Å². The van der Waals surface area contributed by atoms with Crippen molar-refractivity contribution in [2.75, 3.05) is 12.8 Å². The van der Waals surface area contributed by atoms with Gasteiger partial charge in [-0.05, 0) is 0 Å². The molecule has 0 aromatic rings. The minimum absolute atomic E-state index is 0.708. The Bertz CT molecular complexity index is 849. The number of rotatable bonds is 8.